The molecule has 0 saturated carbocycles. The maximum atomic E-state index is 12.6. The Morgan fingerprint density at radius 1 is 1.23 bits per heavy atom. The summed E-state index contributed by atoms with van der Waals surface area (Å²) in [5.41, 5.74) is 2.16. The van der Waals surface area contributed by atoms with Crippen molar-refractivity contribution in [1.29, 1.82) is 0 Å². The van der Waals surface area contributed by atoms with Gasteiger partial charge in [0.1, 0.15) is 5.69 Å². The van der Waals surface area contributed by atoms with Gasteiger partial charge in [0.25, 0.3) is 5.91 Å². The summed E-state index contributed by atoms with van der Waals surface area (Å²) in [5.74, 6) is -0.199. The fourth-order valence-electron chi connectivity index (χ4n) is 3.54. The number of rotatable bonds is 4. The van der Waals surface area contributed by atoms with E-state index >= 15 is 0 Å². The van der Waals surface area contributed by atoms with Crippen LogP contribution in [0.15, 0.2) is 42.7 Å². The molecule has 2 atom stereocenters. The number of benzene rings is 1. The second kappa shape index (κ2) is 8.08. The number of hydrogen-bond donors (Lipinski definition) is 1. The summed E-state index contributed by atoms with van der Waals surface area (Å²) in [7, 11) is 0. The molecule has 1 aromatic carbocycles. The summed E-state index contributed by atoms with van der Waals surface area (Å²) >= 11 is 0. The zero-order valence-corrected chi connectivity index (χ0v) is 15.2. The Morgan fingerprint density at radius 2 is 2.00 bits per heavy atom. The lowest BCUT2D eigenvalue weighted by Crippen LogP contribution is -2.57. The van der Waals surface area contributed by atoms with E-state index in [1.807, 2.05) is 23.1 Å². The SMILES string of the molecule is CC(=O)N1CCC[C@H](NC(=O)c2cncc(C)n2)[C@@H]1Cc1ccccc1. The van der Waals surface area contributed by atoms with Crippen LogP contribution in [-0.4, -0.2) is 45.3 Å². The molecule has 1 saturated heterocycles. The zero-order valence-electron chi connectivity index (χ0n) is 15.2. The van der Waals surface area contributed by atoms with Crippen LogP contribution >= 0.6 is 0 Å². The molecular weight excluding hydrogens is 328 g/mol. The normalized spacial score (nSPS) is 19.8. The fourth-order valence-corrected chi connectivity index (χ4v) is 3.54. The van der Waals surface area contributed by atoms with E-state index in [4.69, 9.17) is 0 Å². The highest BCUT2D eigenvalue weighted by molar-refractivity contribution is 5.92. The third kappa shape index (κ3) is 4.25. The van der Waals surface area contributed by atoms with Gasteiger partial charge in [-0.05, 0) is 31.7 Å². The highest BCUT2D eigenvalue weighted by atomic mass is 16.2. The van der Waals surface area contributed by atoms with Crippen LogP contribution in [0, 0.1) is 6.92 Å². The first-order valence-corrected chi connectivity index (χ1v) is 8.95. The van der Waals surface area contributed by atoms with Crippen LogP contribution in [-0.2, 0) is 11.2 Å². The van der Waals surface area contributed by atoms with Crippen LogP contribution in [0.5, 0.6) is 0 Å². The third-order valence-corrected chi connectivity index (χ3v) is 4.78. The molecule has 0 aliphatic carbocycles. The van der Waals surface area contributed by atoms with Gasteiger partial charge in [0, 0.05) is 19.7 Å². The van der Waals surface area contributed by atoms with Gasteiger partial charge < -0.3 is 10.2 Å². The summed E-state index contributed by atoms with van der Waals surface area (Å²) in [6.07, 6.45) is 5.51. The predicted molar refractivity (Wildman–Crippen MR) is 98.6 cm³/mol. The monoisotopic (exact) mass is 352 g/mol. The minimum atomic E-state index is -0.241. The highest BCUT2D eigenvalue weighted by Gasteiger charge is 2.34. The van der Waals surface area contributed by atoms with Crippen molar-refractivity contribution in [2.24, 2.45) is 0 Å². The molecule has 0 bridgehead atoms. The summed E-state index contributed by atoms with van der Waals surface area (Å²) in [5, 5.41) is 3.08. The molecular formula is C20H24N4O2. The standard InChI is InChI=1S/C20H24N4O2/c1-14-12-21-13-18(22-14)20(26)23-17-9-6-10-24(15(2)25)19(17)11-16-7-4-3-5-8-16/h3-5,7-8,12-13,17,19H,6,9-11H2,1-2H3,(H,23,26)/t17-,19-/m0/s1. The minimum Gasteiger partial charge on any atom is -0.346 e. The van der Waals surface area contributed by atoms with Gasteiger partial charge in [-0.1, -0.05) is 30.3 Å². The molecule has 1 aromatic heterocycles. The number of likely N-dealkylation sites (tertiary alicyclic amines) is 1. The molecule has 136 valence electrons. The van der Waals surface area contributed by atoms with Crippen LogP contribution in [0.25, 0.3) is 0 Å². The second-order valence-corrected chi connectivity index (χ2v) is 6.74. The number of nitrogens with one attached hydrogen (secondary N) is 1. The summed E-state index contributed by atoms with van der Waals surface area (Å²) in [6.45, 7) is 4.12. The van der Waals surface area contributed by atoms with Gasteiger partial charge in [-0.3, -0.25) is 14.6 Å². The van der Waals surface area contributed by atoms with E-state index in [1.54, 1.807) is 20.0 Å². The topological polar surface area (TPSA) is 75.2 Å². The maximum Gasteiger partial charge on any atom is 0.271 e. The number of amides is 2. The van der Waals surface area contributed by atoms with E-state index in [1.165, 1.54) is 6.20 Å². The Bertz CT molecular complexity index is 778. The Balaban J connectivity index is 1.80. The van der Waals surface area contributed by atoms with E-state index in [2.05, 4.69) is 27.4 Å². The molecule has 1 fully saturated rings. The van der Waals surface area contributed by atoms with Gasteiger partial charge in [0.2, 0.25) is 5.91 Å². The van der Waals surface area contributed by atoms with Gasteiger partial charge >= 0.3 is 0 Å². The third-order valence-electron chi connectivity index (χ3n) is 4.78. The molecule has 0 spiro atoms. The van der Waals surface area contributed by atoms with Crippen molar-refractivity contribution in [1.82, 2.24) is 20.2 Å². The van der Waals surface area contributed by atoms with Crippen molar-refractivity contribution in [3.05, 3.63) is 59.7 Å². The van der Waals surface area contributed by atoms with Crippen molar-refractivity contribution in [3.8, 4) is 0 Å². The molecule has 1 N–H and O–H groups in total. The van der Waals surface area contributed by atoms with Gasteiger partial charge in [-0.15, -0.1) is 0 Å². The molecule has 0 unspecified atom stereocenters. The van der Waals surface area contributed by atoms with Gasteiger partial charge in [0.15, 0.2) is 0 Å². The Labute approximate surface area is 153 Å². The van der Waals surface area contributed by atoms with Crippen LogP contribution in [0.2, 0.25) is 0 Å². The van der Waals surface area contributed by atoms with Gasteiger partial charge in [0.05, 0.1) is 24.0 Å². The average Bonchev–Trinajstić information content (AvgIpc) is 2.63. The number of aryl methyl sites for hydroxylation is 1. The van der Waals surface area contributed by atoms with Gasteiger partial charge in [-0.2, -0.15) is 0 Å². The molecule has 26 heavy (non-hydrogen) atoms. The largest absolute Gasteiger partial charge is 0.346 e. The predicted octanol–water partition coefficient (Wildman–Crippen LogP) is 2.14. The van der Waals surface area contributed by atoms with Gasteiger partial charge in [-0.25, -0.2) is 4.98 Å². The fraction of sp³-hybridized carbons (Fsp3) is 0.400. The Morgan fingerprint density at radius 3 is 2.69 bits per heavy atom. The smallest absolute Gasteiger partial charge is 0.271 e. The lowest BCUT2D eigenvalue weighted by Gasteiger charge is -2.41. The summed E-state index contributed by atoms with van der Waals surface area (Å²) in [6, 6.07) is 9.89. The van der Waals surface area contributed by atoms with E-state index in [9.17, 15) is 9.59 Å². The first kappa shape index (κ1) is 18.0. The Hall–Kier alpha value is -2.76. The number of piperidine rings is 1. The first-order valence-electron chi connectivity index (χ1n) is 8.95. The van der Waals surface area contributed by atoms with Crippen LogP contribution in [0.4, 0.5) is 0 Å². The number of carbonyl (C=O) groups excluding carboxylic acids is 2. The second-order valence-electron chi connectivity index (χ2n) is 6.74. The quantitative estimate of drug-likeness (QED) is 0.915. The molecule has 6 nitrogen and oxygen atoms in total. The van der Waals surface area contributed by atoms with E-state index in [-0.39, 0.29) is 23.9 Å². The molecule has 3 rings (SSSR count). The van der Waals surface area contributed by atoms with Crippen molar-refractivity contribution >= 4 is 11.8 Å². The van der Waals surface area contributed by atoms with Crippen LogP contribution in [0.1, 0.15) is 41.5 Å². The molecule has 2 aromatic rings. The maximum absolute atomic E-state index is 12.6. The first-order chi connectivity index (χ1) is 12.5. The molecule has 1 aliphatic heterocycles. The Kier molecular flexibility index (Phi) is 5.61. The molecule has 6 heteroatoms. The number of carbonyl (C=O) groups is 2. The minimum absolute atomic E-state index is 0.0419. The zero-order chi connectivity index (χ0) is 18.5. The average molecular weight is 352 g/mol. The van der Waals surface area contributed by atoms with E-state index < -0.39 is 0 Å². The molecule has 1 aliphatic rings. The summed E-state index contributed by atoms with van der Waals surface area (Å²) in [4.78, 5) is 34.9. The van der Waals surface area contributed by atoms with Crippen LogP contribution < -0.4 is 5.32 Å². The number of aromatic nitrogens is 2. The van der Waals surface area contributed by atoms with E-state index in [0.717, 1.165) is 24.9 Å². The lowest BCUT2D eigenvalue weighted by atomic mass is 9.90. The lowest BCUT2D eigenvalue weighted by molar-refractivity contribution is -0.133. The van der Waals surface area contributed by atoms with Crippen LogP contribution in [0.3, 0.4) is 0 Å². The van der Waals surface area contributed by atoms with Crippen molar-refractivity contribution in [3.63, 3.8) is 0 Å². The summed E-state index contributed by atoms with van der Waals surface area (Å²) < 4.78 is 0. The van der Waals surface area contributed by atoms with Crippen molar-refractivity contribution in [2.45, 2.75) is 45.2 Å². The molecule has 0 radical (unpaired) electrons. The highest BCUT2D eigenvalue weighted by Crippen LogP contribution is 2.22. The van der Waals surface area contributed by atoms with Crippen molar-refractivity contribution in [2.75, 3.05) is 6.54 Å². The number of nitrogens with zero attached hydrogens (tertiary/aromatic N) is 3. The van der Waals surface area contributed by atoms with Crippen molar-refractivity contribution < 1.29 is 9.59 Å². The molecule has 2 heterocycles. The number of hydrogen-bond acceptors (Lipinski definition) is 4. The van der Waals surface area contributed by atoms with E-state index in [0.29, 0.717) is 17.8 Å². The molecule has 2 amide bonds.